The first kappa shape index (κ1) is 16.8. The van der Waals surface area contributed by atoms with Gasteiger partial charge in [-0.1, -0.05) is 17.0 Å². The Bertz CT molecular complexity index is 1060. The fraction of sp³-hybridized carbons (Fsp3) is 0.364. The molecule has 0 spiro atoms. The zero-order valence-electron chi connectivity index (χ0n) is 13.2. The molecule has 0 aliphatic rings. The summed E-state index contributed by atoms with van der Waals surface area (Å²) in [7, 11) is 2.86. The Morgan fingerprint density at radius 2 is 2.00 bits per heavy atom. The second kappa shape index (κ2) is 6.48. The second-order valence-corrected chi connectivity index (χ2v) is 5.87. The lowest BCUT2D eigenvalue weighted by atomic mass is 10.5. The SMILES string of the molecule is Cn1c(=O)c2c(nnn2Cc2nnc(SCC(=O)NN)o2)n(C)c1=O. The van der Waals surface area contributed by atoms with Gasteiger partial charge in [0.15, 0.2) is 11.2 Å². The van der Waals surface area contributed by atoms with Crippen molar-refractivity contribution in [2.45, 2.75) is 11.8 Å². The van der Waals surface area contributed by atoms with E-state index < -0.39 is 17.2 Å². The Hall–Kier alpha value is -3.00. The third kappa shape index (κ3) is 3.03. The summed E-state index contributed by atoms with van der Waals surface area (Å²) >= 11 is 1.01. The van der Waals surface area contributed by atoms with Gasteiger partial charge in [-0.3, -0.25) is 24.1 Å². The smallest absolute Gasteiger partial charge is 0.332 e. The highest BCUT2D eigenvalue weighted by Gasteiger charge is 2.18. The molecular formula is C11H13N9O4S. The van der Waals surface area contributed by atoms with Gasteiger partial charge in [0.25, 0.3) is 10.8 Å². The zero-order valence-corrected chi connectivity index (χ0v) is 14.0. The van der Waals surface area contributed by atoms with Crippen LogP contribution in [0.4, 0.5) is 0 Å². The molecule has 0 bridgehead atoms. The van der Waals surface area contributed by atoms with Gasteiger partial charge >= 0.3 is 5.69 Å². The molecule has 3 N–H and O–H groups in total. The number of hydrogen-bond donors (Lipinski definition) is 2. The number of nitrogens with zero attached hydrogens (tertiary/aromatic N) is 7. The van der Waals surface area contributed by atoms with E-state index in [1.165, 1.54) is 23.3 Å². The van der Waals surface area contributed by atoms with E-state index in [-0.39, 0.29) is 34.6 Å². The largest absolute Gasteiger partial charge is 0.414 e. The minimum Gasteiger partial charge on any atom is -0.414 e. The second-order valence-electron chi connectivity index (χ2n) is 4.94. The molecule has 3 aromatic rings. The van der Waals surface area contributed by atoms with Gasteiger partial charge in [-0.2, -0.15) is 0 Å². The molecule has 3 heterocycles. The number of carbonyl (C=O) groups is 1. The Kier molecular flexibility index (Phi) is 4.37. The molecule has 3 aromatic heterocycles. The fourth-order valence-electron chi connectivity index (χ4n) is 2.07. The van der Waals surface area contributed by atoms with Crippen molar-refractivity contribution >= 4 is 28.8 Å². The maximum absolute atomic E-state index is 12.3. The highest BCUT2D eigenvalue weighted by atomic mass is 32.2. The average Bonchev–Trinajstić information content (AvgIpc) is 3.23. The Balaban J connectivity index is 1.90. The van der Waals surface area contributed by atoms with E-state index >= 15 is 0 Å². The Morgan fingerprint density at radius 3 is 2.72 bits per heavy atom. The molecule has 1 amide bonds. The first-order chi connectivity index (χ1) is 11.9. The van der Waals surface area contributed by atoms with Crippen LogP contribution in [0.25, 0.3) is 11.2 Å². The summed E-state index contributed by atoms with van der Waals surface area (Å²) in [6.45, 7) is -0.0133. The van der Waals surface area contributed by atoms with Crippen molar-refractivity contribution < 1.29 is 9.21 Å². The molecular weight excluding hydrogens is 354 g/mol. The van der Waals surface area contributed by atoms with Crippen LogP contribution < -0.4 is 22.5 Å². The minimum absolute atomic E-state index is 0.0133. The average molecular weight is 367 g/mol. The van der Waals surface area contributed by atoms with Gasteiger partial charge in [-0.25, -0.2) is 15.3 Å². The van der Waals surface area contributed by atoms with Gasteiger partial charge in [-0.05, 0) is 0 Å². The molecule has 0 aromatic carbocycles. The lowest BCUT2D eigenvalue weighted by Gasteiger charge is -2.03. The first-order valence-electron chi connectivity index (χ1n) is 6.86. The summed E-state index contributed by atoms with van der Waals surface area (Å²) < 4.78 is 8.83. The van der Waals surface area contributed by atoms with Crippen LogP contribution in [0.5, 0.6) is 0 Å². The monoisotopic (exact) mass is 367 g/mol. The fourth-order valence-corrected chi connectivity index (χ4v) is 2.66. The highest BCUT2D eigenvalue weighted by Crippen LogP contribution is 2.16. The van der Waals surface area contributed by atoms with E-state index in [9.17, 15) is 14.4 Å². The Labute approximate surface area is 142 Å². The van der Waals surface area contributed by atoms with E-state index in [0.29, 0.717) is 0 Å². The van der Waals surface area contributed by atoms with Gasteiger partial charge in [0.1, 0.15) is 6.54 Å². The predicted molar refractivity (Wildman–Crippen MR) is 84.5 cm³/mol. The third-order valence-electron chi connectivity index (χ3n) is 3.34. The molecule has 13 nitrogen and oxygen atoms in total. The molecule has 0 saturated heterocycles. The van der Waals surface area contributed by atoms with E-state index in [2.05, 4.69) is 20.5 Å². The highest BCUT2D eigenvalue weighted by molar-refractivity contribution is 7.99. The molecule has 0 aliphatic heterocycles. The zero-order chi connectivity index (χ0) is 18.1. The molecule has 14 heteroatoms. The van der Waals surface area contributed by atoms with Crippen molar-refractivity contribution in [3.05, 3.63) is 26.7 Å². The van der Waals surface area contributed by atoms with Crippen LogP contribution in [0, 0.1) is 0 Å². The van der Waals surface area contributed by atoms with Gasteiger partial charge < -0.3 is 4.42 Å². The van der Waals surface area contributed by atoms with E-state index in [1.807, 2.05) is 5.43 Å². The predicted octanol–water partition coefficient (Wildman–Crippen LogP) is -2.66. The van der Waals surface area contributed by atoms with Crippen LogP contribution in [0.1, 0.15) is 5.89 Å². The van der Waals surface area contributed by atoms with Crippen molar-refractivity contribution in [3.8, 4) is 0 Å². The van der Waals surface area contributed by atoms with Crippen molar-refractivity contribution in [3.63, 3.8) is 0 Å². The maximum Gasteiger partial charge on any atom is 0.332 e. The number of nitrogens with two attached hydrogens (primary N) is 1. The maximum atomic E-state index is 12.3. The standard InChI is InChI=1S/C11H13N9O4S/c1-18-8-7(9(22)19(2)11(18)23)20(17-15-8)3-6-14-16-10(24-6)25-4-5(21)13-12/h3-4,12H2,1-2H3,(H,13,21). The molecule has 0 fully saturated rings. The Morgan fingerprint density at radius 1 is 1.24 bits per heavy atom. The number of hydrazine groups is 1. The van der Waals surface area contributed by atoms with Crippen LogP contribution in [0.2, 0.25) is 0 Å². The summed E-state index contributed by atoms with van der Waals surface area (Å²) in [5.74, 6) is 4.77. The van der Waals surface area contributed by atoms with Gasteiger partial charge in [0.05, 0.1) is 5.75 Å². The number of nitrogens with one attached hydrogen (secondary N) is 1. The topological polar surface area (TPSA) is 169 Å². The minimum atomic E-state index is -0.531. The van der Waals surface area contributed by atoms with Crippen molar-refractivity contribution in [1.82, 2.24) is 39.8 Å². The van der Waals surface area contributed by atoms with Gasteiger partial charge in [0, 0.05) is 14.1 Å². The van der Waals surface area contributed by atoms with Crippen LogP contribution in [-0.2, 0) is 25.4 Å². The quantitative estimate of drug-likeness (QED) is 0.210. The summed E-state index contributed by atoms with van der Waals surface area (Å²) in [6, 6.07) is 0. The molecule has 0 radical (unpaired) electrons. The number of hydrogen-bond acceptors (Lipinski definition) is 10. The summed E-state index contributed by atoms with van der Waals surface area (Å²) in [4.78, 5) is 35.3. The number of aromatic nitrogens is 7. The normalized spacial score (nSPS) is 11.2. The van der Waals surface area contributed by atoms with Crippen LogP contribution in [0.3, 0.4) is 0 Å². The number of aryl methyl sites for hydroxylation is 1. The van der Waals surface area contributed by atoms with E-state index in [1.54, 1.807) is 0 Å². The number of thioether (sulfide) groups is 1. The van der Waals surface area contributed by atoms with E-state index in [0.717, 1.165) is 16.3 Å². The summed E-state index contributed by atoms with van der Waals surface area (Å²) in [6.07, 6.45) is 0. The van der Waals surface area contributed by atoms with Crippen LogP contribution in [0.15, 0.2) is 19.2 Å². The number of carbonyl (C=O) groups excluding carboxylic acids is 1. The van der Waals surface area contributed by atoms with Crippen LogP contribution in [-0.4, -0.2) is 46.0 Å². The van der Waals surface area contributed by atoms with Gasteiger partial charge in [-0.15, -0.1) is 15.3 Å². The molecule has 0 saturated carbocycles. The van der Waals surface area contributed by atoms with Crippen molar-refractivity contribution in [2.75, 3.05) is 5.75 Å². The van der Waals surface area contributed by atoms with Crippen LogP contribution >= 0.6 is 11.8 Å². The molecule has 0 aliphatic carbocycles. The molecule has 0 unspecified atom stereocenters. The first-order valence-corrected chi connectivity index (χ1v) is 7.84. The number of fused-ring (bicyclic) bond motifs is 1. The molecule has 25 heavy (non-hydrogen) atoms. The molecule has 3 rings (SSSR count). The summed E-state index contributed by atoms with van der Waals surface area (Å²) in [5, 5.41) is 15.5. The lowest BCUT2D eigenvalue weighted by Crippen LogP contribution is -2.37. The number of rotatable bonds is 5. The van der Waals surface area contributed by atoms with Crippen molar-refractivity contribution in [1.29, 1.82) is 0 Å². The summed E-state index contributed by atoms with van der Waals surface area (Å²) in [5.41, 5.74) is 1.24. The lowest BCUT2D eigenvalue weighted by molar-refractivity contribution is -0.118. The molecule has 132 valence electrons. The van der Waals surface area contributed by atoms with Crippen molar-refractivity contribution in [2.24, 2.45) is 19.9 Å². The van der Waals surface area contributed by atoms with Gasteiger partial charge in [0.2, 0.25) is 11.8 Å². The number of amides is 1. The molecule has 0 atom stereocenters. The van der Waals surface area contributed by atoms with E-state index in [4.69, 9.17) is 10.3 Å². The third-order valence-corrected chi connectivity index (χ3v) is 4.16.